The molecule has 0 spiro atoms. The van der Waals surface area contributed by atoms with Gasteiger partial charge in [0.2, 0.25) is 0 Å². The van der Waals surface area contributed by atoms with Gasteiger partial charge in [0.1, 0.15) is 5.82 Å². The van der Waals surface area contributed by atoms with Crippen LogP contribution in [0, 0.1) is 5.82 Å². The summed E-state index contributed by atoms with van der Waals surface area (Å²) in [5.41, 5.74) is 2.40. The lowest BCUT2D eigenvalue weighted by molar-refractivity contribution is 0.599. The molecule has 2 N–H and O–H groups in total. The molecule has 1 atom stereocenters. The van der Waals surface area contributed by atoms with Gasteiger partial charge in [-0.15, -0.1) is 24.0 Å². The van der Waals surface area contributed by atoms with Crippen LogP contribution in [0.1, 0.15) is 29.5 Å². The minimum Gasteiger partial charge on any atom is -0.356 e. The van der Waals surface area contributed by atoms with Gasteiger partial charge in [0.05, 0.1) is 5.75 Å². The van der Waals surface area contributed by atoms with Crippen LogP contribution in [0.3, 0.4) is 0 Å². The summed E-state index contributed by atoms with van der Waals surface area (Å²) in [7, 11) is -1.55. The van der Waals surface area contributed by atoms with Crippen molar-refractivity contribution >= 4 is 39.8 Å². The fourth-order valence-electron chi connectivity index (χ4n) is 2.73. The number of rotatable bonds is 7. The number of hydrogen-bond acceptors (Lipinski definition) is 3. The third-order valence-electron chi connectivity index (χ3n) is 4.20. The van der Waals surface area contributed by atoms with E-state index >= 15 is 0 Å². The first kappa shape index (κ1) is 24.4. The van der Waals surface area contributed by atoms with Crippen molar-refractivity contribution in [1.82, 2.24) is 10.6 Å². The van der Waals surface area contributed by atoms with Gasteiger partial charge in [0.25, 0.3) is 0 Å². The Morgan fingerprint density at radius 3 is 2.39 bits per heavy atom. The van der Waals surface area contributed by atoms with E-state index in [1.165, 1.54) is 30.0 Å². The van der Waals surface area contributed by atoms with Gasteiger partial charge < -0.3 is 10.6 Å². The van der Waals surface area contributed by atoms with E-state index in [4.69, 9.17) is 0 Å². The van der Waals surface area contributed by atoms with E-state index < -0.39 is 15.7 Å². The molecular formula is C20H27FIN3O2S. The molecule has 0 aliphatic heterocycles. The van der Waals surface area contributed by atoms with Gasteiger partial charge >= 0.3 is 0 Å². The third kappa shape index (κ3) is 8.14. The standard InChI is InChI=1S/C20H26FN3O2S.HI/c1-15(16-7-5-4-6-8-16)12-23-20(22-2)24-13-18-11-19(21)10-9-17(18)14-27(3,25)26;/h4-11,15H,12-14H2,1-3H3,(H2,22,23,24);1H. The lowest BCUT2D eigenvalue weighted by atomic mass is 10.0. The van der Waals surface area contributed by atoms with E-state index in [0.29, 0.717) is 29.5 Å². The Balaban J connectivity index is 0.00000392. The summed E-state index contributed by atoms with van der Waals surface area (Å²) in [4.78, 5) is 4.18. The lowest BCUT2D eigenvalue weighted by Gasteiger charge is -2.17. The summed E-state index contributed by atoms with van der Waals surface area (Å²) in [6.07, 6.45) is 1.17. The number of hydrogen-bond donors (Lipinski definition) is 2. The lowest BCUT2D eigenvalue weighted by Crippen LogP contribution is -2.38. The van der Waals surface area contributed by atoms with Gasteiger partial charge in [-0.05, 0) is 34.7 Å². The topological polar surface area (TPSA) is 70.6 Å². The van der Waals surface area contributed by atoms with E-state index in [9.17, 15) is 12.8 Å². The quantitative estimate of drug-likeness (QED) is 0.334. The number of halogens is 2. The molecule has 8 heteroatoms. The summed E-state index contributed by atoms with van der Waals surface area (Å²) in [6, 6.07) is 14.3. The Morgan fingerprint density at radius 2 is 1.79 bits per heavy atom. The maximum absolute atomic E-state index is 13.6. The van der Waals surface area contributed by atoms with Crippen LogP contribution >= 0.6 is 24.0 Å². The fraction of sp³-hybridized carbons (Fsp3) is 0.350. The molecule has 0 saturated heterocycles. The van der Waals surface area contributed by atoms with Crippen molar-refractivity contribution in [2.45, 2.75) is 25.1 Å². The molecule has 0 amide bonds. The first-order valence-electron chi connectivity index (χ1n) is 8.73. The molecule has 154 valence electrons. The van der Waals surface area contributed by atoms with Crippen molar-refractivity contribution in [3.8, 4) is 0 Å². The summed E-state index contributed by atoms with van der Waals surface area (Å²) in [5.74, 6) is 0.346. The molecule has 0 saturated carbocycles. The molecule has 0 fully saturated rings. The molecule has 0 aromatic heterocycles. The van der Waals surface area contributed by atoms with Crippen LogP contribution in [0.5, 0.6) is 0 Å². The average Bonchev–Trinajstić information content (AvgIpc) is 2.63. The van der Waals surface area contributed by atoms with Gasteiger partial charge in [-0.3, -0.25) is 4.99 Å². The molecule has 2 aromatic carbocycles. The van der Waals surface area contributed by atoms with E-state index in [1.807, 2.05) is 18.2 Å². The predicted octanol–water partition coefficient (Wildman–Crippen LogP) is 3.46. The highest BCUT2D eigenvalue weighted by molar-refractivity contribution is 14.0. The minimum atomic E-state index is -3.20. The molecule has 2 aromatic rings. The van der Waals surface area contributed by atoms with Gasteiger partial charge in [-0.25, -0.2) is 12.8 Å². The Hall–Kier alpha value is -1.68. The van der Waals surface area contributed by atoms with E-state index in [1.54, 1.807) is 7.05 Å². The highest BCUT2D eigenvalue weighted by atomic mass is 127. The zero-order valence-electron chi connectivity index (χ0n) is 16.3. The highest BCUT2D eigenvalue weighted by Crippen LogP contribution is 2.15. The maximum Gasteiger partial charge on any atom is 0.191 e. The number of nitrogens with zero attached hydrogens (tertiary/aromatic N) is 1. The van der Waals surface area contributed by atoms with Crippen molar-refractivity contribution in [2.24, 2.45) is 4.99 Å². The van der Waals surface area contributed by atoms with Crippen molar-refractivity contribution in [3.05, 3.63) is 71.0 Å². The monoisotopic (exact) mass is 519 g/mol. The molecule has 0 aliphatic rings. The molecule has 0 aliphatic carbocycles. The van der Waals surface area contributed by atoms with Crippen LogP contribution in [0.15, 0.2) is 53.5 Å². The zero-order chi connectivity index (χ0) is 19.9. The summed E-state index contributed by atoms with van der Waals surface area (Å²) in [6.45, 7) is 3.08. The largest absolute Gasteiger partial charge is 0.356 e. The molecule has 0 bridgehead atoms. The van der Waals surface area contributed by atoms with E-state index in [2.05, 4.69) is 34.7 Å². The van der Waals surface area contributed by atoms with Crippen molar-refractivity contribution in [2.75, 3.05) is 19.8 Å². The SMILES string of the molecule is CN=C(NCc1cc(F)ccc1CS(C)(=O)=O)NCC(C)c1ccccc1.I. The molecule has 2 rings (SSSR count). The number of nitrogens with one attached hydrogen (secondary N) is 2. The fourth-order valence-corrected chi connectivity index (χ4v) is 3.58. The predicted molar refractivity (Wildman–Crippen MR) is 123 cm³/mol. The van der Waals surface area contributed by atoms with E-state index in [-0.39, 0.29) is 36.3 Å². The molecule has 0 radical (unpaired) electrons. The first-order valence-corrected chi connectivity index (χ1v) is 10.8. The maximum atomic E-state index is 13.6. The van der Waals surface area contributed by atoms with Crippen molar-refractivity contribution in [3.63, 3.8) is 0 Å². The molecule has 1 unspecified atom stereocenters. The number of aliphatic imine (C=N–C) groups is 1. The Labute approximate surface area is 183 Å². The summed E-state index contributed by atoms with van der Waals surface area (Å²) < 4.78 is 36.8. The Morgan fingerprint density at radius 1 is 1.11 bits per heavy atom. The first-order chi connectivity index (χ1) is 12.8. The number of benzene rings is 2. The second kappa shape index (κ2) is 11.4. The minimum absolute atomic E-state index is 0. The zero-order valence-corrected chi connectivity index (χ0v) is 19.4. The van der Waals surface area contributed by atoms with Gasteiger partial charge in [-0.1, -0.05) is 43.3 Å². The Bertz CT molecular complexity index is 890. The second-order valence-electron chi connectivity index (χ2n) is 6.60. The molecule has 0 heterocycles. The van der Waals surface area contributed by atoms with Crippen LogP contribution in [0.4, 0.5) is 4.39 Å². The van der Waals surface area contributed by atoms with Crippen LogP contribution in [-0.2, 0) is 22.1 Å². The van der Waals surface area contributed by atoms with Crippen LogP contribution in [-0.4, -0.2) is 34.2 Å². The van der Waals surface area contributed by atoms with Crippen LogP contribution in [0.25, 0.3) is 0 Å². The van der Waals surface area contributed by atoms with Crippen molar-refractivity contribution < 1.29 is 12.8 Å². The van der Waals surface area contributed by atoms with Crippen LogP contribution in [0.2, 0.25) is 0 Å². The van der Waals surface area contributed by atoms with Crippen molar-refractivity contribution in [1.29, 1.82) is 0 Å². The third-order valence-corrected chi connectivity index (χ3v) is 5.04. The number of sulfone groups is 1. The number of guanidine groups is 1. The average molecular weight is 519 g/mol. The highest BCUT2D eigenvalue weighted by Gasteiger charge is 2.12. The molecule has 5 nitrogen and oxygen atoms in total. The van der Waals surface area contributed by atoms with Gasteiger partial charge in [0.15, 0.2) is 15.8 Å². The van der Waals surface area contributed by atoms with Crippen LogP contribution < -0.4 is 10.6 Å². The van der Waals surface area contributed by atoms with Gasteiger partial charge in [-0.2, -0.15) is 0 Å². The Kier molecular flexibility index (Phi) is 9.88. The van der Waals surface area contributed by atoms with Gasteiger partial charge in [0, 0.05) is 26.4 Å². The smallest absolute Gasteiger partial charge is 0.191 e. The molecular weight excluding hydrogens is 492 g/mol. The summed E-state index contributed by atoms with van der Waals surface area (Å²) in [5, 5.41) is 6.37. The second-order valence-corrected chi connectivity index (χ2v) is 8.74. The summed E-state index contributed by atoms with van der Waals surface area (Å²) >= 11 is 0. The molecule has 28 heavy (non-hydrogen) atoms. The normalized spacial score (nSPS) is 12.8. The van der Waals surface area contributed by atoms with E-state index in [0.717, 1.165) is 0 Å².